The number of imidazole rings is 1. The van der Waals surface area contributed by atoms with Crippen molar-refractivity contribution in [2.75, 3.05) is 5.32 Å². The van der Waals surface area contributed by atoms with Gasteiger partial charge in [0.1, 0.15) is 5.75 Å². The number of nitrogens with zero attached hydrogens (tertiary/aromatic N) is 2. The summed E-state index contributed by atoms with van der Waals surface area (Å²) in [4.78, 5) is 16.2. The number of benzene rings is 2. The van der Waals surface area contributed by atoms with Gasteiger partial charge in [-0.15, -0.1) is 0 Å². The molecule has 128 valence electrons. The molecule has 2 aromatic carbocycles. The van der Waals surface area contributed by atoms with Crippen LogP contribution in [0.4, 0.5) is 14.5 Å². The van der Waals surface area contributed by atoms with Crippen LogP contribution in [-0.2, 0) is 6.54 Å². The quantitative estimate of drug-likeness (QED) is 0.741. The van der Waals surface area contributed by atoms with Gasteiger partial charge in [0.15, 0.2) is 0 Å². The predicted molar refractivity (Wildman–Crippen MR) is 88.8 cm³/mol. The molecule has 0 atom stereocenters. The number of rotatable bonds is 6. The van der Waals surface area contributed by atoms with E-state index in [0.29, 0.717) is 17.8 Å². The van der Waals surface area contributed by atoms with Crippen LogP contribution >= 0.6 is 0 Å². The molecule has 1 heterocycles. The summed E-state index contributed by atoms with van der Waals surface area (Å²) in [5, 5.41) is 2.66. The molecule has 0 aliphatic heterocycles. The fourth-order valence-corrected chi connectivity index (χ4v) is 2.31. The highest BCUT2D eigenvalue weighted by Gasteiger charge is 2.09. The first-order chi connectivity index (χ1) is 12.1. The summed E-state index contributed by atoms with van der Waals surface area (Å²) in [6.45, 7) is -2.25. The zero-order valence-corrected chi connectivity index (χ0v) is 13.1. The molecule has 0 spiro atoms. The van der Waals surface area contributed by atoms with Gasteiger partial charge in [-0.3, -0.25) is 4.79 Å². The van der Waals surface area contributed by atoms with Gasteiger partial charge in [-0.25, -0.2) is 4.98 Å². The minimum Gasteiger partial charge on any atom is -0.435 e. The lowest BCUT2D eigenvalue weighted by atomic mass is 10.1. The van der Waals surface area contributed by atoms with E-state index >= 15 is 0 Å². The number of alkyl halides is 2. The van der Waals surface area contributed by atoms with Gasteiger partial charge >= 0.3 is 6.61 Å². The zero-order valence-electron chi connectivity index (χ0n) is 13.1. The highest BCUT2D eigenvalue weighted by molar-refractivity contribution is 6.04. The Labute approximate surface area is 142 Å². The first-order valence-electron chi connectivity index (χ1n) is 7.51. The van der Waals surface area contributed by atoms with Gasteiger partial charge in [0.25, 0.3) is 5.91 Å². The van der Waals surface area contributed by atoms with Crippen molar-refractivity contribution in [2.45, 2.75) is 13.2 Å². The van der Waals surface area contributed by atoms with E-state index in [-0.39, 0.29) is 11.7 Å². The van der Waals surface area contributed by atoms with Gasteiger partial charge in [0.05, 0.1) is 6.33 Å². The number of anilines is 1. The molecule has 0 saturated carbocycles. The maximum atomic E-state index is 12.3. The predicted octanol–water partition coefficient (Wildman–Crippen LogP) is 3.79. The Morgan fingerprint density at radius 1 is 1.20 bits per heavy atom. The second kappa shape index (κ2) is 7.57. The minimum absolute atomic E-state index is 0.0107. The van der Waals surface area contributed by atoms with Crippen LogP contribution in [0, 0.1) is 0 Å². The molecule has 0 aliphatic rings. The summed E-state index contributed by atoms with van der Waals surface area (Å²) in [6.07, 6.45) is 5.28. The van der Waals surface area contributed by atoms with Crippen molar-refractivity contribution in [3.8, 4) is 5.75 Å². The Kier molecular flexibility index (Phi) is 5.03. The summed E-state index contributed by atoms with van der Waals surface area (Å²) >= 11 is 0. The molecular weight excluding hydrogens is 328 g/mol. The van der Waals surface area contributed by atoms with Crippen LogP contribution in [-0.4, -0.2) is 22.1 Å². The monoisotopic (exact) mass is 343 g/mol. The van der Waals surface area contributed by atoms with Crippen molar-refractivity contribution in [3.05, 3.63) is 78.4 Å². The minimum atomic E-state index is -2.91. The molecule has 1 amide bonds. The molecule has 0 radical (unpaired) electrons. The summed E-state index contributed by atoms with van der Waals surface area (Å²) in [6, 6.07) is 13.0. The molecule has 0 fully saturated rings. The second-order valence-corrected chi connectivity index (χ2v) is 5.29. The number of amides is 1. The number of hydrogen-bond donors (Lipinski definition) is 1. The second-order valence-electron chi connectivity index (χ2n) is 5.29. The third-order valence-corrected chi connectivity index (χ3v) is 3.46. The molecule has 3 aromatic rings. The van der Waals surface area contributed by atoms with Crippen LogP contribution in [0.15, 0.2) is 67.3 Å². The Bertz CT molecular complexity index is 834. The average Bonchev–Trinajstić information content (AvgIpc) is 3.08. The van der Waals surface area contributed by atoms with E-state index in [1.807, 2.05) is 22.9 Å². The molecule has 1 N–H and O–H groups in total. The molecule has 0 unspecified atom stereocenters. The van der Waals surface area contributed by atoms with Gasteiger partial charge in [-0.05, 0) is 29.8 Å². The van der Waals surface area contributed by atoms with Gasteiger partial charge in [-0.1, -0.05) is 18.2 Å². The van der Waals surface area contributed by atoms with Crippen LogP contribution in [0.1, 0.15) is 15.9 Å². The molecule has 3 rings (SSSR count). The topological polar surface area (TPSA) is 56.1 Å². The highest BCUT2D eigenvalue weighted by atomic mass is 19.3. The largest absolute Gasteiger partial charge is 0.435 e. The lowest BCUT2D eigenvalue weighted by Crippen LogP contribution is -2.12. The number of aromatic nitrogens is 2. The number of ether oxygens (including phenoxy) is 1. The lowest BCUT2D eigenvalue weighted by molar-refractivity contribution is -0.0497. The maximum absolute atomic E-state index is 12.3. The summed E-state index contributed by atoms with van der Waals surface area (Å²) in [7, 11) is 0. The standard InChI is InChI=1S/C18H15F2N3O2/c19-18(20)25-16-3-1-2-15(10-16)22-17(24)14-6-4-13(5-7-14)11-23-9-8-21-12-23/h1-10,12,18H,11H2,(H,22,24). The van der Waals surface area contributed by atoms with Crippen LogP contribution in [0.5, 0.6) is 5.75 Å². The summed E-state index contributed by atoms with van der Waals surface area (Å²) in [5.41, 5.74) is 1.88. The zero-order chi connectivity index (χ0) is 17.6. The summed E-state index contributed by atoms with van der Waals surface area (Å²) < 4.78 is 30.7. The van der Waals surface area contributed by atoms with Gasteiger partial charge < -0.3 is 14.6 Å². The van der Waals surface area contributed by atoms with Gasteiger partial charge in [-0.2, -0.15) is 8.78 Å². The molecular formula is C18H15F2N3O2. The van der Waals surface area contributed by atoms with E-state index in [0.717, 1.165) is 5.56 Å². The number of halogens is 2. The molecule has 7 heteroatoms. The molecule has 0 aliphatic carbocycles. The molecule has 5 nitrogen and oxygen atoms in total. The number of nitrogens with one attached hydrogen (secondary N) is 1. The Hall–Kier alpha value is -3.22. The van der Waals surface area contributed by atoms with E-state index < -0.39 is 6.61 Å². The molecule has 0 saturated heterocycles. The van der Waals surface area contributed by atoms with Crippen LogP contribution in [0.25, 0.3) is 0 Å². The van der Waals surface area contributed by atoms with Gasteiger partial charge in [0, 0.05) is 36.3 Å². The Morgan fingerprint density at radius 3 is 2.68 bits per heavy atom. The number of hydrogen-bond acceptors (Lipinski definition) is 3. The third kappa shape index (κ3) is 4.63. The Morgan fingerprint density at radius 2 is 2.00 bits per heavy atom. The number of carbonyl (C=O) groups is 1. The van der Waals surface area contributed by atoms with E-state index in [1.54, 1.807) is 30.7 Å². The molecule has 25 heavy (non-hydrogen) atoms. The molecule has 0 bridgehead atoms. The van der Waals surface area contributed by atoms with Crippen molar-refractivity contribution in [3.63, 3.8) is 0 Å². The van der Waals surface area contributed by atoms with Crippen LogP contribution in [0.3, 0.4) is 0 Å². The van der Waals surface area contributed by atoms with Gasteiger partial charge in [0.2, 0.25) is 0 Å². The van der Waals surface area contributed by atoms with Crippen LogP contribution in [0.2, 0.25) is 0 Å². The third-order valence-electron chi connectivity index (χ3n) is 3.46. The van der Waals surface area contributed by atoms with Crippen molar-refractivity contribution in [1.29, 1.82) is 0 Å². The number of carbonyl (C=O) groups excluding carboxylic acids is 1. The average molecular weight is 343 g/mol. The summed E-state index contributed by atoms with van der Waals surface area (Å²) in [5.74, 6) is -0.341. The maximum Gasteiger partial charge on any atom is 0.387 e. The first kappa shape index (κ1) is 16.6. The van der Waals surface area contributed by atoms with E-state index in [4.69, 9.17) is 0 Å². The van der Waals surface area contributed by atoms with Crippen molar-refractivity contribution < 1.29 is 18.3 Å². The van der Waals surface area contributed by atoms with Crippen molar-refractivity contribution in [2.24, 2.45) is 0 Å². The molecule has 1 aromatic heterocycles. The van der Waals surface area contributed by atoms with Crippen molar-refractivity contribution >= 4 is 11.6 Å². The van der Waals surface area contributed by atoms with Crippen LogP contribution < -0.4 is 10.1 Å². The SMILES string of the molecule is O=C(Nc1cccc(OC(F)F)c1)c1ccc(Cn2ccnc2)cc1. The first-order valence-corrected chi connectivity index (χ1v) is 7.51. The van der Waals surface area contributed by atoms with E-state index in [9.17, 15) is 13.6 Å². The fraction of sp³-hybridized carbons (Fsp3) is 0.111. The van der Waals surface area contributed by atoms with E-state index in [2.05, 4.69) is 15.0 Å². The fourth-order valence-electron chi connectivity index (χ4n) is 2.31. The lowest BCUT2D eigenvalue weighted by Gasteiger charge is -2.09. The normalized spacial score (nSPS) is 10.7. The Balaban J connectivity index is 1.65. The highest BCUT2D eigenvalue weighted by Crippen LogP contribution is 2.20. The van der Waals surface area contributed by atoms with E-state index in [1.165, 1.54) is 18.2 Å². The van der Waals surface area contributed by atoms with Crippen molar-refractivity contribution in [1.82, 2.24) is 9.55 Å². The smallest absolute Gasteiger partial charge is 0.387 e.